The van der Waals surface area contributed by atoms with Gasteiger partial charge < -0.3 is 15.0 Å². The summed E-state index contributed by atoms with van der Waals surface area (Å²) in [6.07, 6.45) is 0. The molecule has 3 aromatic carbocycles. The van der Waals surface area contributed by atoms with Gasteiger partial charge in [-0.15, -0.1) is 0 Å². The van der Waals surface area contributed by atoms with Gasteiger partial charge in [-0.1, -0.05) is 78.3 Å². The highest BCUT2D eigenvalue weighted by Gasteiger charge is 2.26. The lowest BCUT2D eigenvalue weighted by Gasteiger charge is -2.29. The number of halogens is 1. The van der Waals surface area contributed by atoms with Gasteiger partial charge in [-0.2, -0.15) is 0 Å². The molecule has 0 fully saturated rings. The minimum Gasteiger partial charge on any atom is -0.483 e. The monoisotopic (exact) mass is 496 g/mol. The van der Waals surface area contributed by atoms with E-state index in [1.165, 1.54) is 0 Å². The van der Waals surface area contributed by atoms with Crippen molar-refractivity contribution < 1.29 is 14.3 Å². The summed E-state index contributed by atoms with van der Waals surface area (Å²) in [4.78, 5) is 27.5. The zero-order valence-electron chi connectivity index (χ0n) is 18.7. The van der Waals surface area contributed by atoms with Crippen LogP contribution in [-0.4, -0.2) is 35.9 Å². The Hall–Kier alpha value is -2.86. The summed E-state index contributed by atoms with van der Waals surface area (Å²) in [6.45, 7) is 6.56. The van der Waals surface area contributed by atoms with Crippen LogP contribution in [0.3, 0.4) is 0 Å². The van der Waals surface area contributed by atoms with Crippen molar-refractivity contribution in [1.29, 1.82) is 0 Å². The molecule has 2 amide bonds. The highest BCUT2D eigenvalue weighted by atomic mass is 79.9. The second kappa shape index (κ2) is 11.1. The predicted molar refractivity (Wildman–Crippen MR) is 131 cm³/mol. The number of carbonyl (C=O) groups is 2. The van der Waals surface area contributed by atoms with Crippen LogP contribution in [0.15, 0.2) is 71.2 Å². The van der Waals surface area contributed by atoms with Crippen molar-refractivity contribution in [3.8, 4) is 5.75 Å². The molecule has 0 unspecified atom stereocenters. The van der Waals surface area contributed by atoms with Gasteiger partial charge in [-0.25, -0.2) is 0 Å². The number of benzene rings is 3. The standard InChI is InChI=1S/C26H29BrN2O3/c1-18(2)15-28-26(31)19(3)29(16-20-11-13-22(27)14-12-20)25(30)17-32-24-10-6-8-21-7-4-5-9-23(21)24/h4-14,18-19H,15-17H2,1-3H3,(H,28,31)/t19-/m1/s1. The van der Waals surface area contributed by atoms with E-state index in [1.54, 1.807) is 11.8 Å². The van der Waals surface area contributed by atoms with Crippen molar-refractivity contribution in [1.82, 2.24) is 10.2 Å². The summed E-state index contributed by atoms with van der Waals surface area (Å²) in [5.41, 5.74) is 0.940. The van der Waals surface area contributed by atoms with Crippen LogP contribution in [0.2, 0.25) is 0 Å². The zero-order chi connectivity index (χ0) is 23.1. The summed E-state index contributed by atoms with van der Waals surface area (Å²) >= 11 is 3.43. The van der Waals surface area contributed by atoms with Crippen LogP contribution in [0.25, 0.3) is 10.8 Å². The van der Waals surface area contributed by atoms with Crippen LogP contribution in [0, 0.1) is 5.92 Å². The van der Waals surface area contributed by atoms with E-state index in [4.69, 9.17) is 4.74 Å². The maximum atomic E-state index is 13.2. The Morgan fingerprint density at radius 2 is 1.66 bits per heavy atom. The van der Waals surface area contributed by atoms with Crippen molar-refractivity contribution >= 4 is 38.5 Å². The van der Waals surface area contributed by atoms with Crippen LogP contribution in [0.1, 0.15) is 26.3 Å². The number of carbonyl (C=O) groups excluding carboxylic acids is 2. The molecule has 0 aliphatic rings. The summed E-state index contributed by atoms with van der Waals surface area (Å²) in [5, 5.41) is 4.92. The topological polar surface area (TPSA) is 58.6 Å². The van der Waals surface area contributed by atoms with E-state index in [2.05, 4.69) is 21.2 Å². The van der Waals surface area contributed by atoms with Crippen LogP contribution < -0.4 is 10.1 Å². The van der Waals surface area contributed by atoms with Crippen LogP contribution in [0.4, 0.5) is 0 Å². The minimum absolute atomic E-state index is 0.146. The lowest BCUT2D eigenvalue weighted by atomic mass is 10.1. The number of rotatable bonds is 9. The van der Waals surface area contributed by atoms with Gasteiger partial charge in [0.1, 0.15) is 11.8 Å². The van der Waals surface area contributed by atoms with Crippen molar-refractivity contribution in [2.75, 3.05) is 13.2 Å². The van der Waals surface area contributed by atoms with E-state index in [0.29, 0.717) is 24.8 Å². The molecular formula is C26H29BrN2O3. The zero-order valence-corrected chi connectivity index (χ0v) is 20.3. The summed E-state index contributed by atoms with van der Waals surface area (Å²) in [7, 11) is 0. The number of hydrogen-bond acceptors (Lipinski definition) is 3. The molecule has 3 rings (SSSR count). The van der Waals surface area contributed by atoms with E-state index in [9.17, 15) is 9.59 Å². The van der Waals surface area contributed by atoms with E-state index in [1.807, 2.05) is 80.6 Å². The average molecular weight is 497 g/mol. The first-order valence-electron chi connectivity index (χ1n) is 10.8. The second-order valence-corrected chi connectivity index (χ2v) is 9.14. The van der Waals surface area contributed by atoms with Crippen LogP contribution in [-0.2, 0) is 16.1 Å². The number of hydrogen-bond donors (Lipinski definition) is 1. The van der Waals surface area contributed by atoms with E-state index in [-0.39, 0.29) is 18.4 Å². The van der Waals surface area contributed by atoms with Crippen LogP contribution in [0.5, 0.6) is 5.75 Å². The van der Waals surface area contributed by atoms with Gasteiger partial charge in [0.05, 0.1) is 0 Å². The molecule has 0 saturated carbocycles. The largest absolute Gasteiger partial charge is 0.483 e. The molecule has 0 bridgehead atoms. The van der Waals surface area contributed by atoms with Gasteiger partial charge in [-0.3, -0.25) is 9.59 Å². The molecule has 6 heteroatoms. The first-order chi connectivity index (χ1) is 15.3. The third-order valence-electron chi connectivity index (χ3n) is 5.22. The van der Waals surface area contributed by atoms with Gasteiger partial charge in [-0.05, 0) is 42.0 Å². The highest BCUT2D eigenvalue weighted by Crippen LogP contribution is 2.25. The summed E-state index contributed by atoms with van der Waals surface area (Å²) in [5.74, 6) is 0.566. The smallest absolute Gasteiger partial charge is 0.261 e. The second-order valence-electron chi connectivity index (χ2n) is 8.23. The molecular weight excluding hydrogens is 468 g/mol. The molecule has 1 N–H and O–H groups in total. The molecule has 0 aliphatic carbocycles. The van der Waals surface area contributed by atoms with Gasteiger partial charge in [0, 0.05) is 22.9 Å². The van der Waals surface area contributed by atoms with Crippen molar-refractivity contribution in [3.05, 3.63) is 76.8 Å². The molecule has 0 radical (unpaired) electrons. The van der Waals surface area contributed by atoms with E-state index < -0.39 is 6.04 Å². The number of fused-ring (bicyclic) bond motifs is 1. The Kier molecular flexibility index (Phi) is 8.28. The fourth-order valence-electron chi connectivity index (χ4n) is 3.37. The van der Waals surface area contributed by atoms with Crippen molar-refractivity contribution in [2.45, 2.75) is 33.4 Å². The summed E-state index contributed by atoms with van der Waals surface area (Å²) in [6, 6.07) is 20.8. The molecule has 0 heterocycles. The molecule has 0 aromatic heterocycles. The van der Waals surface area contributed by atoms with Crippen LogP contribution >= 0.6 is 15.9 Å². The number of nitrogens with one attached hydrogen (secondary N) is 1. The molecule has 5 nitrogen and oxygen atoms in total. The van der Waals surface area contributed by atoms with Gasteiger partial charge in [0.25, 0.3) is 5.91 Å². The molecule has 0 aliphatic heterocycles. The lowest BCUT2D eigenvalue weighted by molar-refractivity contribution is -0.142. The Morgan fingerprint density at radius 1 is 0.969 bits per heavy atom. The normalized spacial score (nSPS) is 11.9. The van der Waals surface area contributed by atoms with Gasteiger partial charge in [0.2, 0.25) is 5.91 Å². The maximum absolute atomic E-state index is 13.2. The minimum atomic E-state index is -0.624. The van der Waals surface area contributed by atoms with Gasteiger partial charge in [0.15, 0.2) is 6.61 Å². The first kappa shape index (κ1) is 23.8. The molecule has 168 valence electrons. The third-order valence-corrected chi connectivity index (χ3v) is 5.75. The van der Waals surface area contributed by atoms with E-state index in [0.717, 1.165) is 20.8 Å². The predicted octanol–water partition coefficient (Wildman–Crippen LogP) is 5.17. The maximum Gasteiger partial charge on any atom is 0.261 e. The Labute approximate surface area is 197 Å². The van der Waals surface area contributed by atoms with E-state index >= 15 is 0 Å². The molecule has 32 heavy (non-hydrogen) atoms. The fourth-order valence-corrected chi connectivity index (χ4v) is 3.63. The third kappa shape index (κ3) is 6.33. The lowest BCUT2D eigenvalue weighted by Crippen LogP contribution is -2.49. The fraction of sp³-hybridized carbons (Fsp3) is 0.308. The van der Waals surface area contributed by atoms with Gasteiger partial charge >= 0.3 is 0 Å². The Morgan fingerprint density at radius 3 is 2.38 bits per heavy atom. The molecule has 0 spiro atoms. The molecule has 3 aromatic rings. The molecule has 1 atom stereocenters. The highest BCUT2D eigenvalue weighted by molar-refractivity contribution is 9.10. The molecule has 0 saturated heterocycles. The number of nitrogens with zero attached hydrogens (tertiary/aromatic N) is 1. The van der Waals surface area contributed by atoms with Crippen molar-refractivity contribution in [3.63, 3.8) is 0 Å². The quantitative estimate of drug-likeness (QED) is 0.444. The Bertz CT molecular complexity index is 1060. The average Bonchev–Trinajstić information content (AvgIpc) is 2.80. The number of amides is 2. The Balaban J connectivity index is 1.76. The summed E-state index contributed by atoms with van der Waals surface area (Å²) < 4.78 is 6.88. The SMILES string of the molecule is CC(C)CNC(=O)[C@@H](C)N(Cc1ccc(Br)cc1)C(=O)COc1cccc2ccccc12. The van der Waals surface area contributed by atoms with Crippen molar-refractivity contribution in [2.24, 2.45) is 5.92 Å². The number of ether oxygens (including phenoxy) is 1. The first-order valence-corrected chi connectivity index (χ1v) is 11.6.